The Kier molecular flexibility index (Phi) is 3.87. The maximum absolute atomic E-state index is 13.2. The number of rotatable bonds is 3. The van der Waals surface area contributed by atoms with Gasteiger partial charge in [-0.2, -0.15) is 0 Å². The molecule has 0 radical (unpaired) electrons. The van der Waals surface area contributed by atoms with Gasteiger partial charge in [-0.15, -0.1) is 10.2 Å². The van der Waals surface area contributed by atoms with Crippen LogP contribution in [0.1, 0.15) is 12.5 Å². The summed E-state index contributed by atoms with van der Waals surface area (Å²) in [5.41, 5.74) is -1.58. The lowest BCUT2D eigenvalue weighted by atomic mass is 9.95. The number of aryl methyl sites for hydroxylation is 1. The summed E-state index contributed by atoms with van der Waals surface area (Å²) < 4.78 is 14.9. The molecule has 1 atom stereocenters. The van der Waals surface area contributed by atoms with E-state index in [1.165, 1.54) is 36.0 Å². The normalized spacial score (nSPS) is 13.8. The Labute approximate surface area is 122 Å². The van der Waals surface area contributed by atoms with Crippen molar-refractivity contribution in [3.8, 4) is 0 Å². The molecule has 1 unspecified atom stereocenters. The van der Waals surface area contributed by atoms with Crippen LogP contribution in [0.2, 0.25) is 0 Å². The van der Waals surface area contributed by atoms with Gasteiger partial charge in [0.2, 0.25) is 5.95 Å². The van der Waals surface area contributed by atoms with E-state index >= 15 is 0 Å². The third-order valence-corrected chi connectivity index (χ3v) is 3.47. The molecule has 0 aliphatic heterocycles. The molecule has 20 heavy (non-hydrogen) atoms. The molecule has 0 saturated carbocycles. The molecule has 0 saturated heterocycles. The maximum atomic E-state index is 13.2. The highest BCUT2D eigenvalue weighted by atomic mass is 79.9. The molecule has 6 nitrogen and oxygen atoms in total. The monoisotopic (exact) mass is 342 g/mol. The van der Waals surface area contributed by atoms with Gasteiger partial charge in [0.15, 0.2) is 5.60 Å². The molecule has 2 aromatic rings. The van der Waals surface area contributed by atoms with Crippen LogP contribution in [-0.4, -0.2) is 25.8 Å². The molecule has 1 heterocycles. The summed E-state index contributed by atoms with van der Waals surface area (Å²) in [7, 11) is 1.65. The topological polar surface area (TPSA) is 80.0 Å². The van der Waals surface area contributed by atoms with Crippen LogP contribution >= 0.6 is 15.9 Å². The van der Waals surface area contributed by atoms with Crippen LogP contribution in [-0.2, 0) is 17.4 Å². The van der Waals surface area contributed by atoms with E-state index < -0.39 is 17.3 Å². The molecule has 1 aromatic carbocycles. The number of hydrogen-bond donors (Lipinski definition) is 2. The molecule has 8 heteroatoms. The first-order valence-corrected chi connectivity index (χ1v) is 6.45. The quantitative estimate of drug-likeness (QED) is 0.887. The van der Waals surface area contributed by atoms with Gasteiger partial charge in [-0.25, -0.2) is 4.39 Å². The van der Waals surface area contributed by atoms with E-state index in [1.54, 1.807) is 7.05 Å². The van der Waals surface area contributed by atoms with Crippen molar-refractivity contribution in [2.75, 3.05) is 5.32 Å². The summed E-state index contributed by atoms with van der Waals surface area (Å²) in [4.78, 5) is 12.1. The highest BCUT2D eigenvalue weighted by Gasteiger charge is 2.33. The summed E-state index contributed by atoms with van der Waals surface area (Å²) in [5, 5.41) is 20.1. The van der Waals surface area contributed by atoms with Gasteiger partial charge < -0.3 is 9.67 Å². The van der Waals surface area contributed by atoms with Crippen LogP contribution in [0.25, 0.3) is 0 Å². The van der Waals surface area contributed by atoms with E-state index in [1.807, 2.05) is 0 Å². The first-order chi connectivity index (χ1) is 9.32. The lowest BCUT2D eigenvalue weighted by Gasteiger charge is -2.22. The Morgan fingerprint density at radius 1 is 1.55 bits per heavy atom. The third-order valence-electron chi connectivity index (χ3n) is 2.86. The van der Waals surface area contributed by atoms with Crippen molar-refractivity contribution >= 4 is 27.8 Å². The molecular weight excluding hydrogens is 331 g/mol. The number of aliphatic hydroxyl groups is 1. The van der Waals surface area contributed by atoms with Crippen molar-refractivity contribution in [3.05, 3.63) is 40.4 Å². The maximum Gasteiger partial charge on any atom is 0.263 e. The number of nitrogens with zero attached hydrogens (tertiary/aromatic N) is 3. The zero-order valence-electron chi connectivity index (χ0n) is 10.8. The van der Waals surface area contributed by atoms with Crippen LogP contribution < -0.4 is 5.32 Å². The number of aromatic nitrogens is 3. The molecule has 106 valence electrons. The molecular formula is C12H12BrFN4O2. The Bertz CT molecular complexity index is 657. The highest BCUT2D eigenvalue weighted by molar-refractivity contribution is 9.10. The average molecular weight is 343 g/mol. The third kappa shape index (κ3) is 2.70. The summed E-state index contributed by atoms with van der Waals surface area (Å²) in [5.74, 6) is -0.957. The van der Waals surface area contributed by atoms with Crippen molar-refractivity contribution in [2.45, 2.75) is 12.5 Å². The van der Waals surface area contributed by atoms with Gasteiger partial charge in [-0.05, 0) is 40.5 Å². The minimum atomic E-state index is -1.83. The Morgan fingerprint density at radius 2 is 2.25 bits per heavy atom. The van der Waals surface area contributed by atoms with Crippen molar-refractivity contribution in [3.63, 3.8) is 0 Å². The molecule has 2 N–H and O–H groups in total. The largest absolute Gasteiger partial charge is 0.376 e. The van der Waals surface area contributed by atoms with Crippen LogP contribution in [0.15, 0.2) is 29.0 Å². The van der Waals surface area contributed by atoms with Gasteiger partial charge in [-0.3, -0.25) is 10.1 Å². The highest BCUT2D eigenvalue weighted by Crippen LogP contribution is 2.26. The lowest BCUT2D eigenvalue weighted by Crippen LogP contribution is -2.38. The van der Waals surface area contributed by atoms with Gasteiger partial charge in [0.05, 0.1) is 4.47 Å². The first-order valence-electron chi connectivity index (χ1n) is 5.65. The lowest BCUT2D eigenvalue weighted by molar-refractivity contribution is -0.133. The standard InChI is InChI=1S/C12H12BrFN4O2/c1-12(20,7-3-4-9(14)8(13)5-7)10(19)16-11-17-15-6-18(11)2/h3-6,20H,1-2H3,(H,16,17,19). The molecule has 0 spiro atoms. The van der Waals surface area contributed by atoms with Crippen LogP contribution in [0.5, 0.6) is 0 Å². The van der Waals surface area contributed by atoms with Crippen molar-refractivity contribution < 1.29 is 14.3 Å². The zero-order chi connectivity index (χ0) is 14.9. The first kappa shape index (κ1) is 14.6. The van der Waals surface area contributed by atoms with Gasteiger partial charge in [-0.1, -0.05) is 6.07 Å². The number of halogens is 2. The number of amides is 1. The van der Waals surface area contributed by atoms with Crippen LogP contribution in [0.3, 0.4) is 0 Å². The molecule has 0 bridgehead atoms. The Hall–Kier alpha value is -1.80. The van der Waals surface area contributed by atoms with E-state index in [4.69, 9.17) is 0 Å². The van der Waals surface area contributed by atoms with Crippen molar-refractivity contribution in [1.82, 2.24) is 14.8 Å². The van der Waals surface area contributed by atoms with Crippen LogP contribution in [0.4, 0.5) is 10.3 Å². The van der Waals surface area contributed by atoms with E-state index in [0.29, 0.717) is 0 Å². The van der Waals surface area contributed by atoms with Gasteiger partial charge in [0.25, 0.3) is 5.91 Å². The molecule has 0 aliphatic rings. The number of carbonyl (C=O) groups is 1. The second-order valence-corrected chi connectivity index (χ2v) is 5.28. The van der Waals surface area contributed by atoms with Crippen molar-refractivity contribution in [1.29, 1.82) is 0 Å². The SMILES string of the molecule is Cn1cnnc1NC(=O)C(C)(O)c1ccc(F)c(Br)c1. The number of nitrogens with one attached hydrogen (secondary N) is 1. The average Bonchev–Trinajstić information content (AvgIpc) is 2.78. The number of benzene rings is 1. The smallest absolute Gasteiger partial charge is 0.263 e. The summed E-state index contributed by atoms with van der Waals surface area (Å²) in [6.07, 6.45) is 1.42. The predicted octanol–water partition coefficient (Wildman–Crippen LogP) is 1.56. The number of anilines is 1. The molecule has 2 rings (SSSR count). The summed E-state index contributed by atoms with van der Waals surface area (Å²) in [6.45, 7) is 1.32. The molecule has 1 aromatic heterocycles. The van der Waals surface area contributed by atoms with Gasteiger partial charge in [0, 0.05) is 7.05 Å². The minimum absolute atomic E-state index is 0.168. The fraction of sp³-hybridized carbons (Fsp3) is 0.250. The predicted molar refractivity (Wildman–Crippen MR) is 73.3 cm³/mol. The molecule has 0 aliphatic carbocycles. The molecule has 0 fully saturated rings. The molecule has 1 amide bonds. The number of hydrogen-bond acceptors (Lipinski definition) is 4. The fourth-order valence-electron chi connectivity index (χ4n) is 1.55. The van der Waals surface area contributed by atoms with E-state index in [-0.39, 0.29) is 16.0 Å². The second-order valence-electron chi connectivity index (χ2n) is 4.42. The summed E-state index contributed by atoms with van der Waals surface area (Å²) in [6, 6.07) is 3.87. The van der Waals surface area contributed by atoms with E-state index in [2.05, 4.69) is 31.4 Å². The minimum Gasteiger partial charge on any atom is -0.376 e. The summed E-state index contributed by atoms with van der Waals surface area (Å²) >= 11 is 3.02. The second kappa shape index (κ2) is 5.29. The van der Waals surface area contributed by atoms with Crippen molar-refractivity contribution in [2.24, 2.45) is 7.05 Å². The van der Waals surface area contributed by atoms with E-state index in [9.17, 15) is 14.3 Å². The van der Waals surface area contributed by atoms with Crippen LogP contribution in [0, 0.1) is 5.82 Å². The van der Waals surface area contributed by atoms with Gasteiger partial charge in [0.1, 0.15) is 12.1 Å². The van der Waals surface area contributed by atoms with E-state index in [0.717, 1.165) is 0 Å². The Morgan fingerprint density at radius 3 is 2.80 bits per heavy atom. The zero-order valence-corrected chi connectivity index (χ0v) is 12.3. The Balaban J connectivity index is 2.27. The number of carbonyl (C=O) groups excluding carboxylic acids is 1. The fourth-order valence-corrected chi connectivity index (χ4v) is 1.93. The van der Waals surface area contributed by atoms with Gasteiger partial charge >= 0.3 is 0 Å².